The van der Waals surface area contributed by atoms with E-state index in [4.69, 9.17) is 0 Å². The minimum atomic E-state index is -0.0738. The average Bonchev–Trinajstić information content (AvgIpc) is 2.05. The molecule has 0 heterocycles. The fraction of sp³-hybridized carbons (Fsp3) is 1.00. The van der Waals surface area contributed by atoms with Crippen LogP contribution in [-0.2, 0) is 0 Å². The van der Waals surface area contributed by atoms with E-state index in [0.717, 1.165) is 13.0 Å². The predicted molar refractivity (Wildman–Crippen MR) is 51.2 cm³/mol. The fourth-order valence-electron chi connectivity index (χ4n) is 2.12. The van der Waals surface area contributed by atoms with E-state index < -0.39 is 0 Å². The summed E-state index contributed by atoms with van der Waals surface area (Å²) in [6.45, 7) is 3.30. The van der Waals surface area contributed by atoms with Crippen molar-refractivity contribution in [3.8, 4) is 0 Å². The molecule has 2 atom stereocenters. The molecule has 0 spiro atoms. The molecule has 0 radical (unpaired) electrons. The van der Waals surface area contributed by atoms with Crippen molar-refractivity contribution < 1.29 is 5.11 Å². The summed E-state index contributed by atoms with van der Waals surface area (Å²) in [6.07, 6.45) is 5.78. The van der Waals surface area contributed by atoms with Gasteiger partial charge in [0.25, 0.3) is 0 Å². The lowest BCUT2D eigenvalue weighted by molar-refractivity contribution is 0.0323. The van der Waals surface area contributed by atoms with Gasteiger partial charge in [-0.2, -0.15) is 0 Å². The molecule has 0 aromatic rings. The van der Waals surface area contributed by atoms with Crippen LogP contribution >= 0.6 is 0 Å². The third-order valence-corrected chi connectivity index (χ3v) is 2.84. The highest BCUT2D eigenvalue weighted by molar-refractivity contribution is 4.81. The van der Waals surface area contributed by atoms with Crippen LogP contribution in [0.5, 0.6) is 0 Å². The van der Waals surface area contributed by atoms with E-state index in [0.29, 0.717) is 6.04 Å². The van der Waals surface area contributed by atoms with Crippen LogP contribution in [0, 0.1) is 0 Å². The lowest BCUT2D eigenvalue weighted by Crippen LogP contribution is -2.43. The molecule has 12 heavy (non-hydrogen) atoms. The molecule has 1 aliphatic rings. The number of nitrogens with zero attached hydrogens (tertiary/aromatic N) is 1. The van der Waals surface area contributed by atoms with Gasteiger partial charge in [-0.3, -0.25) is 0 Å². The van der Waals surface area contributed by atoms with Gasteiger partial charge >= 0.3 is 0 Å². The zero-order valence-corrected chi connectivity index (χ0v) is 8.29. The minimum Gasteiger partial charge on any atom is -0.391 e. The van der Waals surface area contributed by atoms with Gasteiger partial charge in [0.2, 0.25) is 0 Å². The van der Waals surface area contributed by atoms with Crippen molar-refractivity contribution in [1.29, 1.82) is 0 Å². The molecule has 1 aliphatic carbocycles. The van der Waals surface area contributed by atoms with Crippen molar-refractivity contribution in [3.63, 3.8) is 0 Å². The standard InChI is InChI=1S/C10H21NO/c1-3-8-11(2)9-6-4-5-7-10(9)12/h9-10,12H,3-8H2,1-2H3/t9-,10-/m0/s1. The van der Waals surface area contributed by atoms with Crippen LogP contribution in [0.4, 0.5) is 0 Å². The maximum atomic E-state index is 9.72. The molecule has 0 bridgehead atoms. The number of hydrogen-bond donors (Lipinski definition) is 1. The van der Waals surface area contributed by atoms with Gasteiger partial charge in [0, 0.05) is 6.04 Å². The largest absolute Gasteiger partial charge is 0.391 e. The molecule has 1 rings (SSSR count). The quantitative estimate of drug-likeness (QED) is 0.697. The first-order valence-corrected chi connectivity index (χ1v) is 5.14. The second kappa shape index (κ2) is 4.83. The summed E-state index contributed by atoms with van der Waals surface area (Å²) in [7, 11) is 2.13. The van der Waals surface area contributed by atoms with Crippen LogP contribution in [0.2, 0.25) is 0 Å². The molecule has 1 fully saturated rings. The first-order valence-electron chi connectivity index (χ1n) is 5.14. The summed E-state index contributed by atoms with van der Waals surface area (Å²) >= 11 is 0. The molecular formula is C10H21NO. The number of hydrogen-bond acceptors (Lipinski definition) is 2. The molecule has 2 heteroatoms. The third-order valence-electron chi connectivity index (χ3n) is 2.84. The maximum Gasteiger partial charge on any atom is 0.0695 e. The van der Waals surface area contributed by atoms with E-state index in [1.165, 1.54) is 25.7 Å². The van der Waals surface area contributed by atoms with Crippen molar-refractivity contribution in [2.45, 2.75) is 51.2 Å². The topological polar surface area (TPSA) is 23.5 Å². The Kier molecular flexibility index (Phi) is 4.02. The predicted octanol–water partition coefficient (Wildman–Crippen LogP) is 1.63. The normalized spacial score (nSPS) is 31.0. The monoisotopic (exact) mass is 171 g/mol. The molecule has 2 nitrogen and oxygen atoms in total. The minimum absolute atomic E-state index is 0.0738. The highest BCUT2D eigenvalue weighted by Gasteiger charge is 2.25. The van der Waals surface area contributed by atoms with E-state index in [2.05, 4.69) is 18.9 Å². The Hall–Kier alpha value is -0.0800. The SMILES string of the molecule is CCCN(C)[C@H]1CCCC[C@@H]1O. The lowest BCUT2D eigenvalue weighted by Gasteiger charge is -2.34. The third kappa shape index (κ3) is 2.46. The van der Waals surface area contributed by atoms with Gasteiger partial charge in [-0.25, -0.2) is 0 Å². The summed E-state index contributed by atoms with van der Waals surface area (Å²) in [5.41, 5.74) is 0. The van der Waals surface area contributed by atoms with Gasteiger partial charge in [-0.15, -0.1) is 0 Å². The molecule has 0 aromatic carbocycles. The Morgan fingerprint density at radius 2 is 2.00 bits per heavy atom. The average molecular weight is 171 g/mol. The number of aliphatic hydroxyl groups excluding tert-OH is 1. The van der Waals surface area contributed by atoms with Crippen LogP contribution in [0.1, 0.15) is 39.0 Å². The zero-order valence-electron chi connectivity index (χ0n) is 8.29. The smallest absolute Gasteiger partial charge is 0.0695 e. The van der Waals surface area contributed by atoms with Crippen LogP contribution < -0.4 is 0 Å². The summed E-state index contributed by atoms with van der Waals surface area (Å²) in [6, 6.07) is 0.429. The Bertz CT molecular complexity index is 127. The Morgan fingerprint density at radius 1 is 1.33 bits per heavy atom. The summed E-state index contributed by atoms with van der Waals surface area (Å²) in [4.78, 5) is 2.31. The van der Waals surface area contributed by atoms with E-state index >= 15 is 0 Å². The second-order valence-corrected chi connectivity index (χ2v) is 3.90. The van der Waals surface area contributed by atoms with E-state index in [9.17, 15) is 5.11 Å². The molecule has 1 saturated carbocycles. The highest BCUT2D eigenvalue weighted by Crippen LogP contribution is 2.22. The summed E-state index contributed by atoms with van der Waals surface area (Å²) in [5.74, 6) is 0. The fourth-order valence-corrected chi connectivity index (χ4v) is 2.12. The Balaban J connectivity index is 2.36. The number of aliphatic hydroxyl groups is 1. The molecule has 0 aliphatic heterocycles. The van der Waals surface area contributed by atoms with Gasteiger partial charge in [-0.1, -0.05) is 19.8 Å². The van der Waals surface area contributed by atoms with Gasteiger partial charge in [0.1, 0.15) is 0 Å². The van der Waals surface area contributed by atoms with Gasteiger partial charge in [-0.05, 0) is 32.9 Å². The molecule has 1 N–H and O–H groups in total. The van der Waals surface area contributed by atoms with Gasteiger partial charge < -0.3 is 10.0 Å². The van der Waals surface area contributed by atoms with Crippen molar-refractivity contribution >= 4 is 0 Å². The van der Waals surface area contributed by atoms with Gasteiger partial charge in [0.15, 0.2) is 0 Å². The first-order chi connectivity index (χ1) is 5.75. The Morgan fingerprint density at radius 3 is 2.58 bits per heavy atom. The van der Waals surface area contributed by atoms with Crippen LogP contribution in [0.25, 0.3) is 0 Å². The van der Waals surface area contributed by atoms with E-state index in [1.54, 1.807) is 0 Å². The highest BCUT2D eigenvalue weighted by atomic mass is 16.3. The summed E-state index contributed by atoms with van der Waals surface area (Å²) in [5, 5.41) is 9.72. The summed E-state index contributed by atoms with van der Waals surface area (Å²) < 4.78 is 0. The maximum absolute atomic E-state index is 9.72. The van der Waals surface area contributed by atoms with Crippen LogP contribution in [0.15, 0.2) is 0 Å². The molecule has 72 valence electrons. The Labute approximate surface area is 75.6 Å². The second-order valence-electron chi connectivity index (χ2n) is 3.90. The first kappa shape index (κ1) is 10.0. The van der Waals surface area contributed by atoms with Crippen LogP contribution in [0.3, 0.4) is 0 Å². The lowest BCUT2D eigenvalue weighted by atomic mass is 9.91. The molecule has 0 amide bonds. The van der Waals surface area contributed by atoms with Crippen molar-refractivity contribution in [2.24, 2.45) is 0 Å². The molecule has 0 unspecified atom stereocenters. The number of likely N-dealkylation sites (N-methyl/N-ethyl adjacent to an activating group) is 1. The molecule has 0 aromatic heterocycles. The molecular weight excluding hydrogens is 150 g/mol. The van der Waals surface area contributed by atoms with Crippen molar-refractivity contribution in [2.75, 3.05) is 13.6 Å². The van der Waals surface area contributed by atoms with Crippen molar-refractivity contribution in [3.05, 3.63) is 0 Å². The number of rotatable bonds is 3. The van der Waals surface area contributed by atoms with Gasteiger partial charge in [0.05, 0.1) is 6.10 Å². The van der Waals surface area contributed by atoms with Crippen LogP contribution in [-0.4, -0.2) is 35.7 Å². The van der Waals surface area contributed by atoms with E-state index in [-0.39, 0.29) is 6.10 Å². The zero-order chi connectivity index (χ0) is 8.97. The molecule has 0 saturated heterocycles. The van der Waals surface area contributed by atoms with E-state index in [1.807, 2.05) is 0 Å². The van der Waals surface area contributed by atoms with Crippen molar-refractivity contribution in [1.82, 2.24) is 4.90 Å².